The molecule has 0 spiro atoms. The van der Waals surface area contributed by atoms with Gasteiger partial charge in [0, 0.05) is 12.5 Å². The molecule has 0 aliphatic rings. The molecular weight excluding hydrogens is 364 g/mol. The maximum absolute atomic E-state index is 10.7. The van der Waals surface area contributed by atoms with E-state index in [0.717, 1.165) is 0 Å². The Kier molecular flexibility index (Phi) is 21.0. The summed E-state index contributed by atoms with van der Waals surface area (Å²) in [5.74, 6) is -1.15. The van der Waals surface area contributed by atoms with E-state index >= 15 is 0 Å². The third kappa shape index (κ3) is 16.9. The normalized spacial score (nSPS) is 18.2. The van der Waals surface area contributed by atoms with E-state index < -0.39 is 49.5 Å². The zero-order valence-electron chi connectivity index (χ0n) is 16.1. The number of aliphatic hydroxyl groups is 9. The lowest BCUT2D eigenvalue weighted by Gasteiger charge is -2.17. The van der Waals surface area contributed by atoms with Gasteiger partial charge in [-0.05, 0) is 20.3 Å². The number of aliphatic hydroxyl groups excluding tert-OH is 9. The van der Waals surface area contributed by atoms with Crippen molar-refractivity contribution in [2.24, 2.45) is 5.92 Å². The molecule has 164 valence electrons. The Bertz CT molecular complexity index is 362. The standard InChI is InChI=1S/C7H14O2.C6H12O6.C4H10O2/c1-4-5(2)7(9)6(3)8;7-1-3(9)5(11)6(12)4(10)2-8;1-4(6)2-3-5/h4-9H,1H2,2-3H3;3-5,7-11H,1-2H2;4-6H,2-3H2,1H3/t;3-,4-,5-;4-/m.10/s1. The molecular formula is C17H36O10. The van der Waals surface area contributed by atoms with Crippen LogP contribution >= 0.6 is 0 Å². The number of hydrogen-bond acceptors (Lipinski definition) is 10. The summed E-state index contributed by atoms with van der Waals surface area (Å²) in [4.78, 5) is 10.7. The topological polar surface area (TPSA) is 199 Å². The Balaban J connectivity index is -0.000000340. The van der Waals surface area contributed by atoms with E-state index in [0.29, 0.717) is 6.42 Å². The highest BCUT2D eigenvalue weighted by Gasteiger charge is 2.28. The zero-order valence-corrected chi connectivity index (χ0v) is 16.1. The summed E-state index contributed by atoms with van der Waals surface area (Å²) in [5, 5.41) is 77.2. The molecule has 0 radical (unpaired) electrons. The van der Waals surface area contributed by atoms with Gasteiger partial charge in [-0.3, -0.25) is 4.79 Å². The van der Waals surface area contributed by atoms with Gasteiger partial charge < -0.3 is 46.0 Å². The van der Waals surface area contributed by atoms with Crippen molar-refractivity contribution in [3.8, 4) is 0 Å². The van der Waals surface area contributed by atoms with Gasteiger partial charge >= 0.3 is 0 Å². The number of carbonyl (C=O) groups excluding carboxylic acids is 1. The van der Waals surface area contributed by atoms with Crippen molar-refractivity contribution < 1.29 is 50.8 Å². The van der Waals surface area contributed by atoms with Crippen molar-refractivity contribution in [3.63, 3.8) is 0 Å². The Morgan fingerprint density at radius 3 is 1.59 bits per heavy atom. The number of hydrogen-bond donors (Lipinski definition) is 9. The summed E-state index contributed by atoms with van der Waals surface area (Å²) in [7, 11) is 0. The van der Waals surface area contributed by atoms with E-state index in [9.17, 15) is 4.79 Å². The second-order valence-corrected chi connectivity index (χ2v) is 5.98. The SMILES string of the molecule is C=CC(C)C(O)C(C)O.C[C@H](O)CCO.O=C([C@H](O)CO)[C@H](O)[C@H](O)CO. The first-order chi connectivity index (χ1) is 12.4. The van der Waals surface area contributed by atoms with Crippen LogP contribution in [0.4, 0.5) is 0 Å². The average molecular weight is 400 g/mol. The third-order valence-corrected chi connectivity index (χ3v) is 3.30. The van der Waals surface area contributed by atoms with Gasteiger partial charge in [-0.2, -0.15) is 0 Å². The van der Waals surface area contributed by atoms with Crippen molar-refractivity contribution in [1.82, 2.24) is 0 Å². The van der Waals surface area contributed by atoms with Gasteiger partial charge in [0.25, 0.3) is 0 Å². The van der Waals surface area contributed by atoms with Crippen LogP contribution < -0.4 is 0 Å². The van der Waals surface area contributed by atoms with Gasteiger partial charge in [-0.15, -0.1) is 6.58 Å². The molecule has 10 nitrogen and oxygen atoms in total. The Labute approximate surface area is 159 Å². The van der Waals surface area contributed by atoms with E-state index in [-0.39, 0.29) is 18.6 Å². The maximum atomic E-state index is 10.7. The molecule has 0 bridgehead atoms. The molecule has 0 amide bonds. The summed E-state index contributed by atoms with van der Waals surface area (Å²) in [5.41, 5.74) is 0. The van der Waals surface area contributed by atoms with Crippen molar-refractivity contribution in [1.29, 1.82) is 0 Å². The number of rotatable bonds is 10. The predicted molar refractivity (Wildman–Crippen MR) is 97.6 cm³/mol. The minimum atomic E-state index is -1.86. The third-order valence-electron chi connectivity index (χ3n) is 3.30. The number of Topliss-reactive ketones (excluding diaryl/α,β-unsaturated/α-hetero) is 1. The molecule has 0 rings (SSSR count). The lowest BCUT2D eigenvalue weighted by molar-refractivity contribution is -0.144. The van der Waals surface area contributed by atoms with E-state index in [4.69, 9.17) is 46.0 Å². The highest BCUT2D eigenvalue weighted by molar-refractivity contribution is 5.87. The smallest absolute Gasteiger partial charge is 0.194 e. The Morgan fingerprint density at radius 1 is 0.926 bits per heavy atom. The average Bonchev–Trinajstić information content (AvgIpc) is 2.64. The zero-order chi connectivity index (χ0) is 22.2. The molecule has 9 N–H and O–H groups in total. The van der Waals surface area contributed by atoms with E-state index in [1.807, 2.05) is 6.92 Å². The quantitative estimate of drug-likeness (QED) is 0.169. The highest BCUT2D eigenvalue weighted by atomic mass is 16.4. The summed E-state index contributed by atoms with van der Waals surface area (Å²) in [6, 6.07) is 0. The fraction of sp³-hybridized carbons (Fsp3) is 0.824. The molecule has 0 aromatic carbocycles. The molecule has 3 unspecified atom stereocenters. The summed E-state index contributed by atoms with van der Waals surface area (Å²) >= 11 is 0. The Morgan fingerprint density at radius 2 is 1.41 bits per heavy atom. The van der Waals surface area contributed by atoms with Crippen LogP contribution in [0.15, 0.2) is 12.7 Å². The van der Waals surface area contributed by atoms with E-state index in [2.05, 4.69) is 6.58 Å². The predicted octanol–water partition coefficient (Wildman–Crippen LogP) is -3.08. The largest absolute Gasteiger partial charge is 0.396 e. The van der Waals surface area contributed by atoms with Crippen LogP contribution in [0.5, 0.6) is 0 Å². The van der Waals surface area contributed by atoms with Crippen LogP contribution in [0.2, 0.25) is 0 Å². The van der Waals surface area contributed by atoms with Crippen LogP contribution in [-0.4, -0.2) is 108 Å². The van der Waals surface area contributed by atoms with E-state index in [1.54, 1.807) is 19.9 Å². The summed E-state index contributed by atoms with van der Waals surface area (Å²) in [6.07, 6.45) is -4.80. The maximum Gasteiger partial charge on any atom is 0.194 e. The highest BCUT2D eigenvalue weighted by Crippen LogP contribution is 2.06. The first kappa shape index (κ1) is 30.8. The van der Waals surface area contributed by atoms with Crippen LogP contribution in [-0.2, 0) is 4.79 Å². The lowest BCUT2D eigenvalue weighted by atomic mass is 10.0. The summed E-state index contributed by atoms with van der Waals surface area (Å²) < 4.78 is 0. The molecule has 0 saturated carbocycles. The second kappa shape index (κ2) is 18.4. The second-order valence-electron chi connectivity index (χ2n) is 5.98. The van der Waals surface area contributed by atoms with Gasteiger partial charge in [0.2, 0.25) is 0 Å². The molecule has 7 atom stereocenters. The number of ketones is 1. The first-order valence-electron chi connectivity index (χ1n) is 8.48. The minimum Gasteiger partial charge on any atom is -0.396 e. The lowest BCUT2D eigenvalue weighted by Crippen LogP contribution is -2.43. The van der Waals surface area contributed by atoms with Crippen molar-refractivity contribution in [2.45, 2.75) is 63.8 Å². The van der Waals surface area contributed by atoms with Crippen molar-refractivity contribution in [2.75, 3.05) is 19.8 Å². The molecule has 0 aliphatic carbocycles. The molecule has 0 fully saturated rings. The summed E-state index contributed by atoms with van der Waals surface area (Å²) in [6.45, 7) is 6.98. The first-order valence-corrected chi connectivity index (χ1v) is 8.48. The number of carbonyl (C=O) groups is 1. The van der Waals surface area contributed by atoms with Crippen molar-refractivity contribution >= 4 is 5.78 Å². The molecule has 10 heteroatoms. The van der Waals surface area contributed by atoms with Gasteiger partial charge in [-0.25, -0.2) is 0 Å². The minimum absolute atomic E-state index is 0.0370. The van der Waals surface area contributed by atoms with Crippen LogP contribution in [0.3, 0.4) is 0 Å². The Hall–Kier alpha value is -0.950. The molecule has 0 aliphatic heterocycles. The molecule has 27 heavy (non-hydrogen) atoms. The van der Waals surface area contributed by atoms with Gasteiger partial charge in [0.1, 0.15) is 18.3 Å². The molecule has 0 aromatic rings. The molecule has 0 saturated heterocycles. The van der Waals surface area contributed by atoms with Crippen LogP contribution in [0.1, 0.15) is 27.2 Å². The fourth-order valence-electron chi connectivity index (χ4n) is 1.34. The fourth-order valence-corrected chi connectivity index (χ4v) is 1.34. The van der Waals surface area contributed by atoms with Crippen LogP contribution in [0.25, 0.3) is 0 Å². The molecule has 0 heterocycles. The van der Waals surface area contributed by atoms with E-state index in [1.165, 1.54) is 0 Å². The van der Waals surface area contributed by atoms with Crippen LogP contribution in [0, 0.1) is 5.92 Å². The molecule has 0 aromatic heterocycles. The monoisotopic (exact) mass is 400 g/mol. The van der Waals surface area contributed by atoms with Crippen molar-refractivity contribution in [3.05, 3.63) is 12.7 Å². The van der Waals surface area contributed by atoms with Gasteiger partial charge in [0.05, 0.1) is 31.5 Å². The van der Waals surface area contributed by atoms with Gasteiger partial charge in [-0.1, -0.05) is 13.0 Å². The van der Waals surface area contributed by atoms with Gasteiger partial charge in [0.15, 0.2) is 5.78 Å².